The molecule has 0 spiro atoms. The Morgan fingerprint density at radius 3 is 2.68 bits per heavy atom. The van der Waals surface area contributed by atoms with E-state index in [-0.39, 0.29) is 5.91 Å². The monoisotopic (exact) mass is 441 g/mol. The van der Waals surface area contributed by atoms with E-state index >= 15 is 0 Å². The molecule has 0 saturated carbocycles. The van der Waals surface area contributed by atoms with Crippen LogP contribution in [0.15, 0.2) is 29.3 Å². The minimum Gasteiger partial charge on any atom is -0.352 e. The highest BCUT2D eigenvalue weighted by molar-refractivity contribution is 7.09. The smallest absolute Gasteiger partial charge is 0.222 e. The first-order valence-electron chi connectivity index (χ1n) is 11.0. The van der Waals surface area contributed by atoms with Crippen LogP contribution in [0.3, 0.4) is 0 Å². The largest absolute Gasteiger partial charge is 0.352 e. The van der Waals surface area contributed by atoms with Crippen LogP contribution in [-0.4, -0.2) is 70.8 Å². The molecule has 1 N–H and O–H groups in total. The highest BCUT2D eigenvalue weighted by Gasteiger charge is 2.22. The second-order valence-corrected chi connectivity index (χ2v) is 8.69. The molecule has 2 fully saturated rings. The average molecular weight is 442 g/mol. The summed E-state index contributed by atoms with van der Waals surface area (Å²) in [6.07, 6.45) is 2.54. The number of nitrogens with one attached hydrogen (secondary N) is 1. The van der Waals surface area contributed by atoms with Crippen LogP contribution < -0.4 is 10.2 Å². The first kappa shape index (κ1) is 21.5. The van der Waals surface area contributed by atoms with Gasteiger partial charge in [-0.3, -0.25) is 9.79 Å². The predicted molar refractivity (Wildman–Crippen MR) is 124 cm³/mol. The molecule has 9 heteroatoms. The number of piperazine rings is 1. The summed E-state index contributed by atoms with van der Waals surface area (Å²) in [4.78, 5) is 27.6. The molecule has 2 aromatic rings. The van der Waals surface area contributed by atoms with Crippen LogP contribution in [-0.2, 0) is 24.3 Å². The molecular formula is C22H31N7OS. The molecule has 0 atom stereocenters. The molecule has 0 bridgehead atoms. The number of aliphatic imine (C=N–C) groups is 1. The van der Waals surface area contributed by atoms with Gasteiger partial charge in [0.1, 0.15) is 5.82 Å². The van der Waals surface area contributed by atoms with Gasteiger partial charge in [-0.1, -0.05) is 31.2 Å². The molecule has 8 nitrogen and oxygen atoms in total. The molecule has 2 saturated heterocycles. The van der Waals surface area contributed by atoms with Gasteiger partial charge in [-0.15, -0.1) is 0 Å². The third-order valence-electron chi connectivity index (χ3n) is 5.82. The number of aryl methyl sites for hydroxylation is 1. The van der Waals surface area contributed by atoms with Crippen molar-refractivity contribution in [1.82, 2.24) is 24.5 Å². The summed E-state index contributed by atoms with van der Waals surface area (Å²) in [5.74, 6) is 2.12. The number of rotatable bonds is 6. The van der Waals surface area contributed by atoms with Gasteiger partial charge in [-0.05, 0) is 17.5 Å². The highest BCUT2D eigenvalue weighted by atomic mass is 32.1. The zero-order valence-electron chi connectivity index (χ0n) is 18.4. The van der Waals surface area contributed by atoms with Crippen LogP contribution in [0.2, 0.25) is 0 Å². The lowest BCUT2D eigenvalue weighted by Gasteiger charge is -2.36. The lowest BCUT2D eigenvalue weighted by Crippen LogP contribution is -2.52. The minimum atomic E-state index is 0.266. The first-order valence-corrected chi connectivity index (χ1v) is 11.8. The number of hydrogen-bond donors (Lipinski definition) is 1. The Labute approximate surface area is 188 Å². The summed E-state index contributed by atoms with van der Waals surface area (Å²) < 4.78 is 4.40. The van der Waals surface area contributed by atoms with Gasteiger partial charge in [0.15, 0.2) is 5.96 Å². The van der Waals surface area contributed by atoms with Gasteiger partial charge in [-0.25, -0.2) is 4.98 Å². The fourth-order valence-corrected chi connectivity index (χ4v) is 4.87. The molecule has 3 heterocycles. The second-order valence-electron chi connectivity index (χ2n) is 7.96. The van der Waals surface area contributed by atoms with E-state index in [1.54, 1.807) is 0 Å². The number of carbonyl (C=O) groups is 1. The molecule has 1 amide bonds. The molecule has 0 radical (unpaired) electrons. The molecule has 4 rings (SSSR count). The van der Waals surface area contributed by atoms with Crippen molar-refractivity contribution in [2.75, 3.05) is 44.7 Å². The van der Waals surface area contributed by atoms with E-state index in [4.69, 9.17) is 0 Å². The Balaban J connectivity index is 1.29. The van der Waals surface area contributed by atoms with E-state index < -0.39 is 0 Å². The van der Waals surface area contributed by atoms with Gasteiger partial charge < -0.3 is 20.0 Å². The Kier molecular flexibility index (Phi) is 7.01. The third-order valence-corrected chi connectivity index (χ3v) is 6.64. The molecule has 2 aliphatic rings. The van der Waals surface area contributed by atoms with Crippen molar-refractivity contribution in [3.05, 3.63) is 41.2 Å². The van der Waals surface area contributed by atoms with Crippen molar-refractivity contribution < 1.29 is 4.79 Å². The molecule has 166 valence electrons. The Morgan fingerprint density at radius 2 is 2.00 bits per heavy atom. The van der Waals surface area contributed by atoms with Crippen LogP contribution in [0.5, 0.6) is 0 Å². The lowest BCUT2D eigenvalue weighted by atomic mass is 10.1. The van der Waals surface area contributed by atoms with E-state index in [1.165, 1.54) is 22.7 Å². The summed E-state index contributed by atoms with van der Waals surface area (Å²) in [5, 5.41) is 4.53. The molecule has 1 aromatic heterocycles. The summed E-state index contributed by atoms with van der Waals surface area (Å²) in [6, 6.07) is 8.47. The van der Waals surface area contributed by atoms with Crippen molar-refractivity contribution in [2.24, 2.45) is 4.99 Å². The first-order chi connectivity index (χ1) is 15.2. The molecule has 2 aliphatic heterocycles. The van der Waals surface area contributed by atoms with Crippen LogP contribution in [0, 0.1) is 0 Å². The van der Waals surface area contributed by atoms with Gasteiger partial charge in [-0.2, -0.15) is 4.37 Å². The zero-order chi connectivity index (χ0) is 21.6. The molecule has 31 heavy (non-hydrogen) atoms. The Morgan fingerprint density at radius 1 is 1.19 bits per heavy atom. The third kappa shape index (κ3) is 5.33. The van der Waals surface area contributed by atoms with Crippen molar-refractivity contribution in [1.29, 1.82) is 0 Å². The van der Waals surface area contributed by atoms with Crippen LogP contribution in [0.25, 0.3) is 0 Å². The van der Waals surface area contributed by atoms with Crippen LogP contribution in [0.1, 0.15) is 36.7 Å². The number of aromatic nitrogens is 2. The number of amides is 1. The number of carbonyl (C=O) groups excluding carboxylic acids is 1. The van der Waals surface area contributed by atoms with Crippen molar-refractivity contribution in [3.63, 3.8) is 0 Å². The van der Waals surface area contributed by atoms with Gasteiger partial charge in [0.25, 0.3) is 0 Å². The summed E-state index contributed by atoms with van der Waals surface area (Å²) in [6.45, 7) is 8.00. The van der Waals surface area contributed by atoms with Crippen molar-refractivity contribution >= 4 is 28.5 Å². The quantitative estimate of drug-likeness (QED) is 0.547. The maximum Gasteiger partial charge on any atom is 0.222 e. The standard InChI is InChI=1S/C22H31N7OS/c1-3-19-25-22(31-26-19)28-12-10-27(11-13-28)21(23-2)24-15-17-6-4-7-18(14-17)16-29-9-5-8-20(29)30/h4,6-7,14H,3,5,8-13,15-16H2,1-2H3,(H,23,24). The van der Waals surface area contributed by atoms with E-state index in [1.807, 2.05) is 11.9 Å². The molecular weight excluding hydrogens is 410 g/mol. The second kappa shape index (κ2) is 10.1. The molecule has 1 aromatic carbocycles. The van der Waals surface area contributed by atoms with Crippen LogP contribution >= 0.6 is 11.5 Å². The Hall–Kier alpha value is -2.68. The number of likely N-dealkylation sites (tertiary alicyclic amines) is 1. The van der Waals surface area contributed by atoms with E-state index in [0.29, 0.717) is 19.5 Å². The van der Waals surface area contributed by atoms with Gasteiger partial charge >= 0.3 is 0 Å². The zero-order valence-corrected chi connectivity index (χ0v) is 19.2. The number of nitrogens with zero attached hydrogens (tertiary/aromatic N) is 6. The average Bonchev–Trinajstić information content (AvgIpc) is 3.44. The SMILES string of the molecule is CCc1nsc(N2CCN(C(=NC)NCc3cccc(CN4CCCC4=O)c3)CC2)n1. The summed E-state index contributed by atoms with van der Waals surface area (Å²) >= 11 is 1.49. The van der Waals surface area contributed by atoms with Crippen LogP contribution in [0.4, 0.5) is 5.13 Å². The number of anilines is 1. The van der Waals surface area contributed by atoms with Crippen molar-refractivity contribution in [2.45, 2.75) is 39.3 Å². The Bertz CT molecular complexity index is 920. The van der Waals surface area contributed by atoms with Gasteiger partial charge in [0.2, 0.25) is 11.0 Å². The number of benzene rings is 1. The number of guanidine groups is 1. The van der Waals surface area contributed by atoms with E-state index in [2.05, 4.69) is 60.7 Å². The number of hydrogen-bond acceptors (Lipinski definition) is 6. The van der Waals surface area contributed by atoms with E-state index in [0.717, 1.165) is 62.5 Å². The summed E-state index contributed by atoms with van der Waals surface area (Å²) in [7, 11) is 1.84. The topological polar surface area (TPSA) is 77.0 Å². The fourth-order valence-electron chi connectivity index (χ4n) is 4.07. The lowest BCUT2D eigenvalue weighted by molar-refractivity contribution is -0.128. The normalized spacial score (nSPS) is 17.5. The maximum atomic E-state index is 11.9. The highest BCUT2D eigenvalue weighted by Crippen LogP contribution is 2.19. The van der Waals surface area contributed by atoms with Gasteiger partial charge in [0, 0.05) is 77.2 Å². The van der Waals surface area contributed by atoms with Crippen molar-refractivity contribution in [3.8, 4) is 0 Å². The fraction of sp³-hybridized carbons (Fsp3) is 0.545. The van der Waals surface area contributed by atoms with E-state index in [9.17, 15) is 4.79 Å². The maximum absolute atomic E-state index is 11.9. The summed E-state index contributed by atoms with van der Waals surface area (Å²) in [5.41, 5.74) is 2.38. The minimum absolute atomic E-state index is 0.266. The molecule has 0 aliphatic carbocycles. The van der Waals surface area contributed by atoms with Gasteiger partial charge in [0.05, 0.1) is 0 Å². The predicted octanol–water partition coefficient (Wildman–Crippen LogP) is 2.12. The molecule has 0 unspecified atom stereocenters.